The van der Waals surface area contributed by atoms with Crippen LogP contribution in [0, 0.1) is 30.9 Å². The van der Waals surface area contributed by atoms with Gasteiger partial charge in [-0.2, -0.15) is 0 Å². The average molecular weight is 371 g/mol. The van der Waals surface area contributed by atoms with Gasteiger partial charge in [-0.3, -0.25) is 19.8 Å². The van der Waals surface area contributed by atoms with Gasteiger partial charge in [0, 0.05) is 18.7 Å². The number of nitro groups is 1. The second kappa shape index (κ2) is 8.64. The smallest absolute Gasteiger partial charge is 0.271 e. The van der Waals surface area contributed by atoms with E-state index in [2.05, 4.69) is 5.32 Å². The summed E-state index contributed by atoms with van der Waals surface area (Å²) in [6, 6.07) is 8.52. The Morgan fingerprint density at radius 3 is 2.33 bits per heavy atom. The first-order chi connectivity index (χ1) is 12.7. The number of non-ortho nitro benzene ring substituents is 1. The highest BCUT2D eigenvalue weighted by Gasteiger charge is 2.13. The Morgan fingerprint density at radius 2 is 1.78 bits per heavy atom. The second-order valence-corrected chi connectivity index (χ2v) is 6.74. The van der Waals surface area contributed by atoms with Crippen molar-refractivity contribution in [2.24, 2.45) is 0 Å². The molecular weight excluding hydrogens is 346 g/mol. The molecule has 144 valence electrons. The molecule has 0 saturated carbocycles. The lowest BCUT2D eigenvalue weighted by molar-refractivity contribution is -0.384. The van der Waals surface area contributed by atoms with Gasteiger partial charge in [0.25, 0.3) is 5.69 Å². The molecule has 0 fully saturated rings. The number of aryl methyl sites for hydroxylation is 3. The molecule has 0 atom stereocenters. The largest absolute Gasteiger partial charge is 0.496 e. The zero-order chi connectivity index (χ0) is 20.1. The number of carbonyl (C=O) groups excluding carboxylic acids is 1. The lowest BCUT2D eigenvalue weighted by Gasteiger charge is -2.18. The van der Waals surface area contributed by atoms with Crippen LogP contribution in [0.4, 0.5) is 11.4 Å². The zero-order valence-electron chi connectivity index (χ0n) is 16.3. The number of nitro benzene ring substituents is 1. The number of nitrogens with zero attached hydrogens (tertiary/aromatic N) is 2. The molecular formula is C20H25N3O4. The summed E-state index contributed by atoms with van der Waals surface area (Å²) in [6.07, 6.45) is 0. The normalized spacial score (nSPS) is 10.7. The first kappa shape index (κ1) is 20.4. The second-order valence-electron chi connectivity index (χ2n) is 6.74. The SMILES string of the molecule is COc1c(C)cc(CN(C)CC(=O)Nc2cc([N+](=O)[O-])ccc2C)cc1C. The van der Waals surface area contributed by atoms with E-state index in [9.17, 15) is 14.9 Å². The van der Waals surface area contributed by atoms with Crippen LogP contribution >= 0.6 is 0 Å². The summed E-state index contributed by atoms with van der Waals surface area (Å²) >= 11 is 0. The molecule has 1 amide bonds. The van der Waals surface area contributed by atoms with Crippen molar-refractivity contribution in [2.75, 3.05) is 26.0 Å². The molecule has 27 heavy (non-hydrogen) atoms. The molecule has 2 rings (SSSR count). The molecule has 2 aromatic rings. The Balaban J connectivity index is 2.02. The predicted octanol–water partition coefficient (Wildman–Crippen LogP) is 3.60. The molecule has 0 aliphatic rings. The molecule has 0 spiro atoms. The van der Waals surface area contributed by atoms with Crippen LogP contribution in [-0.4, -0.2) is 36.4 Å². The topological polar surface area (TPSA) is 84.7 Å². The number of anilines is 1. The molecule has 0 heterocycles. The molecule has 0 aliphatic carbocycles. The fourth-order valence-electron chi connectivity index (χ4n) is 3.11. The number of rotatable bonds is 7. The number of carbonyl (C=O) groups is 1. The lowest BCUT2D eigenvalue weighted by Crippen LogP contribution is -2.30. The number of benzene rings is 2. The molecule has 0 bridgehead atoms. The minimum Gasteiger partial charge on any atom is -0.496 e. The summed E-state index contributed by atoms with van der Waals surface area (Å²) in [5.74, 6) is 0.656. The van der Waals surface area contributed by atoms with E-state index in [1.54, 1.807) is 20.1 Å². The lowest BCUT2D eigenvalue weighted by atomic mass is 10.1. The van der Waals surface area contributed by atoms with E-state index >= 15 is 0 Å². The van der Waals surface area contributed by atoms with Gasteiger partial charge >= 0.3 is 0 Å². The minimum absolute atomic E-state index is 0.0477. The van der Waals surface area contributed by atoms with E-state index < -0.39 is 4.92 Å². The predicted molar refractivity (Wildman–Crippen MR) is 105 cm³/mol. The van der Waals surface area contributed by atoms with Crippen molar-refractivity contribution in [1.29, 1.82) is 0 Å². The quantitative estimate of drug-likeness (QED) is 0.594. The van der Waals surface area contributed by atoms with Gasteiger partial charge in [0.15, 0.2) is 0 Å². The highest BCUT2D eigenvalue weighted by molar-refractivity contribution is 5.93. The third-order valence-electron chi connectivity index (χ3n) is 4.30. The first-order valence-electron chi connectivity index (χ1n) is 8.58. The number of hydrogen-bond acceptors (Lipinski definition) is 5. The zero-order valence-corrected chi connectivity index (χ0v) is 16.3. The Hall–Kier alpha value is -2.93. The van der Waals surface area contributed by atoms with Crippen LogP contribution in [0.5, 0.6) is 5.75 Å². The summed E-state index contributed by atoms with van der Waals surface area (Å²) in [6.45, 7) is 6.56. The number of methoxy groups -OCH3 is 1. The van der Waals surface area contributed by atoms with Crippen molar-refractivity contribution in [1.82, 2.24) is 4.90 Å². The third-order valence-corrected chi connectivity index (χ3v) is 4.30. The third kappa shape index (κ3) is 5.27. The molecule has 0 saturated heterocycles. The van der Waals surface area contributed by atoms with Gasteiger partial charge in [-0.15, -0.1) is 0 Å². The van der Waals surface area contributed by atoms with Crippen molar-refractivity contribution >= 4 is 17.3 Å². The number of ether oxygens (including phenoxy) is 1. The van der Waals surface area contributed by atoms with Gasteiger partial charge in [0.2, 0.25) is 5.91 Å². The van der Waals surface area contributed by atoms with E-state index in [0.717, 1.165) is 28.0 Å². The molecule has 0 unspecified atom stereocenters. The summed E-state index contributed by atoms with van der Waals surface area (Å²) in [4.78, 5) is 24.7. The summed E-state index contributed by atoms with van der Waals surface area (Å²) < 4.78 is 5.38. The van der Waals surface area contributed by atoms with E-state index in [1.165, 1.54) is 12.1 Å². The standard InChI is InChI=1S/C20H25N3O4/c1-13-6-7-17(23(25)26)10-18(13)21-19(24)12-22(4)11-16-8-14(2)20(27-5)15(3)9-16/h6-10H,11-12H2,1-5H3,(H,21,24). The minimum atomic E-state index is -0.477. The Kier molecular flexibility index (Phi) is 6.52. The number of likely N-dealkylation sites (N-methyl/N-ethyl adjacent to an activating group) is 1. The molecule has 0 aromatic heterocycles. The van der Waals surface area contributed by atoms with Crippen LogP contribution in [0.15, 0.2) is 30.3 Å². The van der Waals surface area contributed by atoms with Gasteiger partial charge in [-0.25, -0.2) is 0 Å². The Labute approximate surface area is 159 Å². The van der Waals surface area contributed by atoms with Gasteiger partial charge < -0.3 is 10.1 Å². The average Bonchev–Trinajstić information content (AvgIpc) is 2.56. The number of nitrogens with one attached hydrogen (secondary N) is 1. The van der Waals surface area contributed by atoms with Gasteiger partial charge in [-0.05, 0) is 50.1 Å². The van der Waals surface area contributed by atoms with Crippen molar-refractivity contribution < 1.29 is 14.5 Å². The van der Waals surface area contributed by atoms with Gasteiger partial charge in [-0.1, -0.05) is 18.2 Å². The van der Waals surface area contributed by atoms with Crippen LogP contribution < -0.4 is 10.1 Å². The maximum atomic E-state index is 12.3. The fourth-order valence-corrected chi connectivity index (χ4v) is 3.11. The maximum absolute atomic E-state index is 12.3. The Morgan fingerprint density at radius 1 is 1.15 bits per heavy atom. The van der Waals surface area contributed by atoms with Crippen molar-refractivity contribution in [3.8, 4) is 5.75 Å². The van der Waals surface area contributed by atoms with E-state index in [0.29, 0.717) is 12.2 Å². The van der Waals surface area contributed by atoms with Crippen LogP contribution in [0.3, 0.4) is 0 Å². The fraction of sp³-hybridized carbons (Fsp3) is 0.350. The van der Waals surface area contributed by atoms with E-state index in [1.807, 2.05) is 37.9 Å². The summed E-state index contributed by atoms with van der Waals surface area (Å²) in [5, 5.41) is 13.7. The number of hydrogen-bond donors (Lipinski definition) is 1. The number of amides is 1. The highest BCUT2D eigenvalue weighted by atomic mass is 16.6. The van der Waals surface area contributed by atoms with E-state index in [4.69, 9.17) is 4.74 Å². The van der Waals surface area contributed by atoms with Crippen molar-refractivity contribution in [2.45, 2.75) is 27.3 Å². The monoisotopic (exact) mass is 371 g/mol. The van der Waals surface area contributed by atoms with Crippen LogP contribution in [-0.2, 0) is 11.3 Å². The van der Waals surface area contributed by atoms with Crippen LogP contribution in [0.25, 0.3) is 0 Å². The highest BCUT2D eigenvalue weighted by Crippen LogP contribution is 2.25. The summed E-state index contributed by atoms with van der Waals surface area (Å²) in [7, 11) is 3.51. The van der Waals surface area contributed by atoms with Gasteiger partial charge in [0.1, 0.15) is 5.75 Å². The molecule has 7 nitrogen and oxygen atoms in total. The molecule has 0 aliphatic heterocycles. The Bertz CT molecular complexity index is 841. The maximum Gasteiger partial charge on any atom is 0.271 e. The summed E-state index contributed by atoms with van der Waals surface area (Å²) in [5.41, 5.74) is 4.38. The molecule has 0 radical (unpaired) electrons. The van der Waals surface area contributed by atoms with Crippen molar-refractivity contribution in [3.63, 3.8) is 0 Å². The van der Waals surface area contributed by atoms with Crippen LogP contribution in [0.2, 0.25) is 0 Å². The molecule has 1 N–H and O–H groups in total. The molecule has 2 aromatic carbocycles. The first-order valence-corrected chi connectivity index (χ1v) is 8.58. The van der Waals surface area contributed by atoms with Crippen LogP contribution in [0.1, 0.15) is 22.3 Å². The van der Waals surface area contributed by atoms with Gasteiger partial charge in [0.05, 0.1) is 24.3 Å². The molecule has 7 heteroatoms. The van der Waals surface area contributed by atoms with Crippen molar-refractivity contribution in [3.05, 3.63) is 62.7 Å². The van der Waals surface area contributed by atoms with E-state index in [-0.39, 0.29) is 18.1 Å².